The number of aliphatic hydroxyl groups excluding tert-OH is 5. The summed E-state index contributed by atoms with van der Waals surface area (Å²) in [5, 5.41) is 49.6. The Kier molecular flexibility index (Phi) is 11.2. The van der Waals surface area contributed by atoms with E-state index in [4.69, 9.17) is 9.84 Å². The van der Waals surface area contributed by atoms with E-state index in [0.717, 1.165) is 11.3 Å². The van der Waals surface area contributed by atoms with Crippen molar-refractivity contribution in [2.24, 2.45) is 0 Å². The number of hydrogen-bond acceptors (Lipinski definition) is 7. The predicted molar refractivity (Wildman–Crippen MR) is 81.6 cm³/mol. The minimum Gasteiger partial charge on any atom is -0.497 e. The van der Waals surface area contributed by atoms with Gasteiger partial charge in [0.1, 0.15) is 24.1 Å². The molecule has 0 amide bonds. The first kappa shape index (κ1) is 21.8. The summed E-state index contributed by atoms with van der Waals surface area (Å²) >= 11 is 0. The van der Waals surface area contributed by atoms with Gasteiger partial charge in [-0.2, -0.15) is 0 Å². The SMILES string of the molecule is COc1ccc(CNC[C@H](O)[C@@H](O)[C@H](O)[C@H](O)CO)cc1.[Na]. The molecule has 8 heteroatoms. The second-order valence-corrected chi connectivity index (χ2v) is 4.78. The van der Waals surface area contributed by atoms with Crippen molar-refractivity contribution < 1.29 is 30.3 Å². The van der Waals surface area contributed by atoms with Gasteiger partial charge in [0, 0.05) is 42.6 Å². The Morgan fingerprint density at radius 1 is 1.00 bits per heavy atom. The van der Waals surface area contributed by atoms with Gasteiger partial charge < -0.3 is 35.6 Å². The van der Waals surface area contributed by atoms with Crippen molar-refractivity contribution in [3.63, 3.8) is 0 Å². The van der Waals surface area contributed by atoms with Gasteiger partial charge in [0.15, 0.2) is 0 Å². The van der Waals surface area contributed by atoms with Crippen LogP contribution in [0.25, 0.3) is 0 Å². The molecule has 7 nitrogen and oxygen atoms in total. The summed E-state index contributed by atoms with van der Waals surface area (Å²) in [6.07, 6.45) is -5.90. The van der Waals surface area contributed by atoms with Crippen LogP contribution in [0.5, 0.6) is 5.75 Å². The molecule has 1 aromatic rings. The van der Waals surface area contributed by atoms with E-state index in [1.54, 1.807) is 7.11 Å². The maximum atomic E-state index is 9.71. The third kappa shape index (κ3) is 6.91. The van der Waals surface area contributed by atoms with Crippen molar-refractivity contribution in [2.45, 2.75) is 31.0 Å². The monoisotopic (exact) mass is 324 g/mol. The van der Waals surface area contributed by atoms with Crippen LogP contribution in [0.1, 0.15) is 5.56 Å². The third-order valence-corrected chi connectivity index (χ3v) is 3.17. The topological polar surface area (TPSA) is 122 Å². The number of benzene rings is 1. The Labute approximate surface area is 151 Å². The Morgan fingerprint density at radius 2 is 1.55 bits per heavy atom. The van der Waals surface area contributed by atoms with Gasteiger partial charge >= 0.3 is 0 Å². The molecular formula is C14H23NNaO6. The zero-order valence-corrected chi connectivity index (χ0v) is 14.9. The molecule has 0 heterocycles. The maximum Gasteiger partial charge on any atom is 0.118 e. The normalized spacial score (nSPS) is 16.3. The molecule has 0 aliphatic rings. The summed E-state index contributed by atoms with van der Waals surface area (Å²) in [6, 6.07) is 7.34. The summed E-state index contributed by atoms with van der Waals surface area (Å²) in [4.78, 5) is 0. The van der Waals surface area contributed by atoms with Crippen molar-refractivity contribution >= 4 is 29.6 Å². The van der Waals surface area contributed by atoms with E-state index in [0.29, 0.717) is 6.54 Å². The standard InChI is InChI=1S/C14H23NO6.Na/c1-21-10-4-2-9(3-5-10)6-15-7-11(17)13(19)14(20)12(18)8-16;/h2-5,11-20H,6-8H2,1H3;/t11-,12+,13+,14+;/m0./s1. The second-order valence-electron chi connectivity index (χ2n) is 4.78. The van der Waals surface area contributed by atoms with E-state index in [-0.39, 0.29) is 36.1 Å². The van der Waals surface area contributed by atoms with Crippen LogP contribution in [-0.2, 0) is 6.54 Å². The smallest absolute Gasteiger partial charge is 0.118 e. The molecule has 1 aromatic carbocycles. The number of aliphatic hydroxyl groups is 5. The Bertz CT molecular complexity index is 405. The fourth-order valence-corrected chi connectivity index (χ4v) is 1.79. The predicted octanol–water partition coefficient (Wildman–Crippen LogP) is -2.16. The van der Waals surface area contributed by atoms with Gasteiger partial charge in [0.2, 0.25) is 0 Å². The van der Waals surface area contributed by atoms with E-state index in [2.05, 4.69) is 5.32 Å². The Balaban J connectivity index is 0.00000441. The van der Waals surface area contributed by atoms with Crippen LogP contribution in [0.4, 0.5) is 0 Å². The summed E-state index contributed by atoms with van der Waals surface area (Å²) < 4.78 is 5.04. The van der Waals surface area contributed by atoms with Gasteiger partial charge in [0.25, 0.3) is 0 Å². The van der Waals surface area contributed by atoms with Gasteiger partial charge in [-0.25, -0.2) is 0 Å². The zero-order valence-electron chi connectivity index (χ0n) is 12.9. The molecule has 0 fully saturated rings. The molecule has 0 saturated carbocycles. The molecule has 0 saturated heterocycles. The Morgan fingerprint density at radius 3 is 2.05 bits per heavy atom. The van der Waals surface area contributed by atoms with Crippen molar-refractivity contribution in [3.8, 4) is 5.75 Å². The van der Waals surface area contributed by atoms with Gasteiger partial charge in [-0.05, 0) is 17.7 Å². The summed E-state index contributed by atoms with van der Waals surface area (Å²) in [5.41, 5.74) is 0.966. The molecule has 0 spiro atoms. The molecule has 0 unspecified atom stereocenters. The molecule has 6 N–H and O–H groups in total. The first-order chi connectivity index (χ1) is 9.99. The first-order valence-corrected chi connectivity index (χ1v) is 6.66. The molecule has 0 aliphatic carbocycles. The van der Waals surface area contributed by atoms with Crippen molar-refractivity contribution in [1.82, 2.24) is 5.32 Å². The van der Waals surface area contributed by atoms with Crippen LogP contribution in [0.2, 0.25) is 0 Å². The van der Waals surface area contributed by atoms with Crippen LogP contribution in [0, 0.1) is 0 Å². The molecule has 1 radical (unpaired) electrons. The fourth-order valence-electron chi connectivity index (χ4n) is 1.79. The van der Waals surface area contributed by atoms with Crippen molar-refractivity contribution in [3.05, 3.63) is 29.8 Å². The fraction of sp³-hybridized carbons (Fsp3) is 0.571. The molecule has 1 rings (SSSR count). The van der Waals surface area contributed by atoms with E-state index in [1.165, 1.54) is 0 Å². The Hall–Kier alpha value is -0.220. The minimum absolute atomic E-state index is 0. The average molecular weight is 324 g/mol. The summed E-state index contributed by atoms with van der Waals surface area (Å²) in [5.74, 6) is 0.746. The average Bonchev–Trinajstić information content (AvgIpc) is 2.53. The number of rotatable bonds is 9. The third-order valence-electron chi connectivity index (χ3n) is 3.17. The van der Waals surface area contributed by atoms with E-state index >= 15 is 0 Å². The molecule has 0 aliphatic heterocycles. The van der Waals surface area contributed by atoms with Crippen LogP contribution in [0.15, 0.2) is 24.3 Å². The van der Waals surface area contributed by atoms with Gasteiger partial charge in [-0.3, -0.25) is 0 Å². The van der Waals surface area contributed by atoms with Crippen LogP contribution in [0.3, 0.4) is 0 Å². The molecule has 121 valence electrons. The quantitative estimate of drug-likeness (QED) is 0.286. The van der Waals surface area contributed by atoms with Gasteiger partial charge in [-0.1, -0.05) is 12.1 Å². The summed E-state index contributed by atoms with van der Waals surface area (Å²) in [6.45, 7) is -0.195. The first-order valence-electron chi connectivity index (χ1n) is 6.66. The molecular weight excluding hydrogens is 301 g/mol. The van der Waals surface area contributed by atoms with Gasteiger partial charge in [-0.15, -0.1) is 0 Å². The summed E-state index contributed by atoms with van der Waals surface area (Å²) in [7, 11) is 1.58. The van der Waals surface area contributed by atoms with Crippen molar-refractivity contribution in [1.29, 1.82) is 0 Å². The van der Waals surface area contributed by atoms with Crippen LogP contribution in [-0.4, -0.2) is 99.8 Å². The largest absolute Gasteiger partial charge is 0.497 e. The number of hydrogen-bond donors (Lipinski definition) is 6. The molecule has 4 atom stereocenters. The van der Waals surface area contributed by atoms with Crippen molar-refractivity contribution in [2.75, 3.05) is 20.3 Å². The van der Waals surface area contributed by atoms with Gasteiger partial charge in [0.05, 0.1) is 19.8 Å². The van der Waals surface area contributed by atoms with Crippen LogP contribution < -0.4 is 10.1 Å². The number of methoxy groups -OCH3 is 1. The number of ether oxygens (including phenoxy) is 1. The maximum absolute atomic E-state index is 9.71. The second kappa shape index (κ2) is 11.3. The molecule has 22 heavy (non-hydrogen) atoms. The number of nitrogens with one attached hydrogen (secondary N) is 1. The zero-order chi connectivity index (χ0) is 15.8. The van der Waals surface area contributed by atoms with E-state index < -0.39 is 31.0 Å². The van der Waals surface area contributed by atoms with Crippen LogP contribution >= 0.6 is 0 Å². The minimum atomic E-state index is -1.60. The van der Waals surface area contributed by atoms with E-state index in [9.17, 15) is 20.4 Å². The molecule has 0 bridgehead atoms. The molecule has 0 aromatic heterocycles. The van der Waals surface area contributed by atoms with E-state index in [1.807, 2.05) is 24.3 Å².